The van der Waals surface area contributed by atoms with Crippen molar-refractivity contribution < 1.29 is 4.79 Å². The third-order valence-electron chi connectivity index (χ3n) is 2.08. The van der Waals surface area contributed by atoms with Crippen molar-refractivity contribution in [3.63, 3.8) is 0 Å². The van der Waals surface area contributed by atoms with Crippen molar-refractivity contribution in [3.05, 3.63) is 48.0 Å². The van der Waals surface area contributed by atoms with E-state index in [4.69, 9.17) is 0 Å². The topological polar surface area (TPSA) is 17.1 Å². The Hall–Kier alpha value is -0.640. The molecule has 1 nitrogen and oxygen atoms in total. The Kier molecular flexibility index (Phi) is 6.32. The number of benzene rings is 1. The van der Waals surface area contributed by atoms with E-state index in [1.54, 1.807) is 6.08 Å². The summed E-state index contributed by atoms with van der Waals surface area (Å²) in [6.07, 6.45) is 7.05. The first-order valence-electron chi connectivity index (χ1n) is 5.16. The van der Waals surface area contributed by atoms with E-state index in [0.29, 0.717) is 0 Å². The Morgan fingerprint density at radius 1 is 1.20 bits per heavy atom. The van der Waals surface area contributed by atoms with E-state index in [1.165, 1.54) is 17.3 Å². The average Bonchev–Trinajstić information content (AvgIpc) is 2.30. The molecule has 15 heavy (non-hydrogen) atoms. The summed E-state index contributed by atoms with van der Waals surface area (Å²) in [4.78, 5) is 11.6. The minimum absolute atomic E-state index is 0.102. The lowest BCUT2D eigenvalue weighted by molar-refractivity contribution is 0.104. The summed E-state index contributed by atoms with van der Waals surface area (Å²) in [5.74, 6) is 0.102. The Balaban J connectivity index is 2.36. The van der Waals surface area contributed by atoms with Gasteiger partial charge in [-0.3, -0.25) is 4.79 Å². The highest BCUT2D eigenvalue weighted by Crippen LogP contribution is 2.03. The second-order valence-electron chi connectivity index (χ2n) is 3.32. The predicted molar refractivity (Wildman–Crippen MR) is 72.7 cm³/mol. The van der Waals surface area contributed by atoms with E-state index < -0.39 is 0 Å². The Bertz CT molecular complexity index is 317. The van der Waals surface area contributed by atoms with Gasteiger partial charge in [-0.05, 0) is 29.8 Å². The number of halogens is 1. The highest BCUT2D eigenvalue weighted by atomic mass is 127. The van der Waals surface area contributed by atoms with Crippen LogP contribution in [0.2, 0.25) is 0 Å². The van der Waals surface area contributed by atoms with Crippen LogP contribution in [-0.4, -0.2) is 10.2 Å². The summed E-state index contributed by atoms with van der Waals surface area (Å²) < 4.78 is 1.19. The third kappa shape index (κ3) is 5.11. The Morgan fingerprint density at radius 3 is 2.60 bits per heavy atom. The average molecular weight is 314 g/mol. The molecule has 0 aliphatic heterocycles. The number of carbonyl (C=O) groups excluding carboxylic acids is 1. The molecule has 0 N–H and O–H groups in total. The minimum atomic E-state index is 0.102. The molecule has 0 radical (unpaired) electrons. The van der Waals surface area contributed by atoms with E-state index in [1.807, 2.05) is 36.4 Å². The van der Waals surface area contributed by atoms with Crippen LogP contribution in [0.15, 0.2) is 42.5 Å². The van der Waals surface area contributed by atoms with Gasteiger partial charge < -0.3 is 0 Å². The van der Waals surface area contributed by atoms with Gasteiger partial charge in [-0.25, -0.2) is 0 Å². The van der Waals surface area contributed by atoms with Crippen molar-refractivity contribution in [2.45, 2.75) is 19.3 Å². The first-order valence-corrected chi connectivity index (χ1v) is 6.69. The van der Waals surface area contributed by atoms with Gasteiger partial charge in [0.1, 0.15) is 0 Å². The lowest BCUT2D eigenvalue weighted by atomic mass is 10.1. The van der Waals surface area contributed by atoms with Crippen LogP contribution < -0.4 is 0 Å². The summed E-state index contributed by atoms with van der Waals surface area (Å²) >= 11 is 2.37. The van der Waals surface area contributed by atoms with Gasteiger partial charge in [-0.1, -0.05) is 59.0 Å². The van der Waals surface area contributed by atoms with E-state index >= 15 is 0 Å². The van der Waals surface area contributed by atoms with Crippen molar-refractivity contribution in [3.8, 4) is 0 Å². The fraction of sp³-hybridized carbons (Fsp3) is 0.308. The molecular formula is C13H15IO. The van der Waals surface area contributed by atoms with Gasteiger partial charge in [0.25, 0.3) is 0 Å². The monoisotopic (exact) mass is 314 g/mol. The molecule has 0 aromatic heterocycles. The lowest BCUT2D eigenvalue weighted by Gasteiger charge is -1.94. The van der Waals surface area contributed by atoms with Crippen LogP contribution in [0.25, 0.3) is 0 Å². The van der Waals surface area contributed by atoms with Gasteiger partial charge in [0, 0.05) is 5.56 Å². The molecule has 0 bridgehead atoms. The SMILES string of the molecule is O=C(C=CCCCCI)c1ccccc1. The summed E-state index contributed by atoms with van der Waals surface area (Å²) in [7, 11) is 0. The quantitative estimate of drug-likeness (QED) is 0.255. The minimum Gasteiger partial charge on any atom is -0.289 e. The van der Waals surface area contributed by atoms with Crippen LogP contribution >= 0.6 is 22.6 Å². The molecule has 0 saturated heterocycles. The molecule has 2 heteroatoms. The molecule has 1 aromatic rings. The maximum atomic E-state index is 11.6. The fourth-order valence-electron chi connectivity index (χ4n) is 1.25. The number of hydrogen-bond donors (Lipinski definition) is 0. The van der Waals surface area contributed by atoms with Crippen molar-refractivity contribution >= 4 is 28.4 Å². The molecule has 0 atom stereocenters. The summed E-state index contributed by atoms with van der Waals surface area (Å²) in [5.41, 5.74) is 0.766. The molecule has 0 heterocycles. The van der Waals surface area contributed by atoms with Crippen LogP contribution in [0.4, 0.5) is 0 Å². The molecule has 0 aliphatic carbocycles. The third-order valence-corrected chi connectivity index (χ3v) is 2.84. The molecule has 0 unspecified atom stereocenters. The van der Waals surface area contributed by atoms with E-state index in [2.05, 4.69) is 22.6 Å². The Labute approximate surface area is 105 Å². The number of rotatable bonds is 6. The van der Waals surface area contributed by atoms with Crippen molar-refractivity contribution in [2.75, 3.05) is 4.43 Å². The molecule has 0 fully saturated rings. The number of alkyl halides is 1. The van der Waals surface area contributed by atoms with Crippen molar-refractivity contribution in [2.24, 2.45) is 0 Å². The number of hydrogen-bond acceptors (Lipinski definition) is 1. The molecular weight excluding hydrogens is 299 g/mol. The van der Waals surface area contributed by atoms with Gasteiger partial charge in [0.15, 0.2) is 5.78 Å². The maximum Gasteiger partial charge on any atom is 0.185 e. The smallest absolute Gasteiger partial charge is 0.185 e. The van der Waals surface area contributed by atoms with Crippen LogP contribution in [0.3, 0.4) is 0 Å². The van der Waals surface area contributed by atoms with Crippen LogP contribution in [0.1, 0.15) is 29.6 Å². The Morgan fingerprint density at radius 2 is 1.93 bits per heavy atom. The van der Waals surface area contributed by atoms with Crippen LogP contribution in [0.5, 0.6) is 0 Å². The number of carbonyl (C=O) groups is 1. The predicted octanol–water partition coefficient (Wildman–Crippen LogP) is 4.03. The van der Waals surface area contributed by atoms with Gasteiger partial charge in [0.2, 0.25) is 0 Å². The summed E-state index contributed by atoms with van der Waals surface area (Å²) in [6.45, 7) is 0. The first-order chi connectivity index (χ1) is 7.34. The van der Waals surface area contributed by atoms with Crippen LogP contribution in [0, 0.1) is 0 Å². The van der Waals surface area contributed by atoms with Gasteiger partial charge >= 0.3 is 0 Å². The van der Waals surface area contributed by atoms with Crippen molar-refractivity contribution in [1.29, 1.82) is 0 Å². The number of unbranched alkanes of at least 4 members (excludes halogenated alkanes) is 2. The zero-order valence-corrected chi connectivity index (χ0v) is 10.8. The summed E-state index contributed by atoms with van der Waals surface area (Å²) in [6, 6.07) is 9.38. The van der Waals surface area contributed by atoms with Gasteiger partial charge in [-0.2, -0.15) is 0 Å². The fourth-order valence-corrected chi connectivity index (χ4v) is 1.79. The van der Waals surface area contributed by atoms with Gasteiger partial charge in [0.05, 0.1) is 0 Å². The van der Waals surface area contributed by atoms with Gasteiger partial charge in [-0.15, -0.1) is 0 Å². The molecule has 0 saturated carbocycles. The highest BCUT2D eigenvalue weighted by Gasteiger charge is 1.98. The van der Waals surface area contributed by atoms with Crippen LogP contribution in [-0.2, 0) is 0 Å². The zero-order chi connectivity index (χ0) is 10.9. The normalized spacial score (nSPS) is 10.7. The zero-order valence-electron chi connectivity index (χ0n) is 8.66. The first kappa shape index (κ1) is 12.4. The standard InChI is InChI=1S/C13H15IO/c14-11-7-2-1-6-10-13(15)12-8-4-3-5-9-12/h3-6,8-10H,1-2,7,11H2. The summed E-state index contributed by atoms with van der Waals surface area (Å²) in [5, 5.41) is 0. The number of allylic oxidation sites excluding steroid dienone is 2. The maximum absolute atomic E-state index is 11.6. The van der Waals surface area contributed by atoms with E-state index in [9.17, 15) is 4.79 Å². The highest BCUT2D eigenvalue weighted by molar-refractivity contribution is 14.1. The van der Waals surface area contributed by atoms with E-state index in [-0.39, 0.29) is 5.78 Å². The molecule has 0 amide bonds. The van der Waals surface area contributed by atoms with E-state index in [0.717, 1.165) is 12.0 Å². The second kappa shape index (κ2) is 7.63. The lowest BCUT2D eigenvalue weighted by Crippen LogP contribution is -1.92. The molecule has 0 aliphatic rings. The molecule has 1 aromatic carbocycles. The molecule has 80 valence electrons. The molecule has 0 spiro atoms. The largest absolute Gasteiger partial charge is 0.289 e. The second-order valence-corrected chi connectivity index (χ2v) is 4.40. The van der Waals surface area contributed by atoms with Crippen molar-refractivity contribution in [1.82, 2.24) is 0 Å². The molecule has 1 rings (SSSR count). The number of ketones is 1.